The van der Waals surface area contributed by atoms with E-state index in [1.807, 2.05) is 42.5 Å². The van der Waals surface area contributed by atoms with Crippen molar-refractivity contribution in [3.05, 3.63) is 170 Å². The van der Waals surface area contributed by atoms with Gasteiger partial charge in [0.1, 0.15) is 11.5 Å². The molecule has 4 nitrogen and oxygen atoms in total. The van der Waals surface area contributed by atoms with Crippen LogP contribution in [0.2, 0.25) is 0 Å². The quantitative estimate of drug-likeness (QED) is 0.199. The van der Waals surface area contributed by atoms with Crippen LogP contribution in [0.4, 0.5) is 34.1 Å². The van der Waals surface area contributed by atoms with Gasteiger partial charge >= 0.3 is 0 Å². The number of rotatable bonds is 6. The zero-order chi connectivity index (χ0) is 29.3. The number of benzene rings is 7. The lowest BCUT2D eigenvalue weighted by Crippen LogP contribution is -2.10. The van der Waals surface area contributed by atoms with Crippen LogP contribution in [0.25, 0.3) is 10.8 Å². The van der Waals surface area contributed by atoms with Crippen molar-refractivity contribution in [2.75, 3.05) is 9.80 Å². The van der Waals surface area contributed by atoms with Crippen molar-refractivity contribution in [1.29, 1.82) is 0 Å². The lowest BCUT2D eigenvalue weighted by molar-refractivity contribution is 0.439. The average Bonchev–Trinajstić information content (AvgIpc) is 3.25. The van der Waals surface area contributed by atoms with Gasteiger partial charge in [0, 0.05) is 34.2 Å². The Hall–Kier alpha value is -6.00. The van der Waals surface area contributed by atoms with Gasteiger partial charge in [-0.05, 0) is 78.9 Å². The third-order valence-electron chi connectivity index (χ3n) is 7.86. The van der Waals surface area contributed by atoms with Crippen LogP contribution in [0, 0.1) is 0 Å². The molecule has 0 saturated carbocycles. The molecule has 210 valence electrons. The Kier molecular flexibility index (Phi) is 6.43. The van der Waals surface area contributed by atoms with E-state index in [9.17, 15) is 0 Å². The summed E-state index contributed by atoms with van der Waals surface area (Å²) in [5, 5.41) is 1.97. The molecule has 7 aromatic carbocycles. The predicted octanol–water partition coefficient (Wildman–Crippen LogP) is 11.7. The molecule has 1 aliphatic heterocycles. The highest BCUT2D eigenvalue weighted by atomic mass is 16.5. The minimum Gasteiger partial charge on any atom is -0.453 e. The minimum absolute atomic E-state index is 0.660. The fourth-order valence-corrected chi connectivity index (χ4v) is 5.91. The monoisotopic (exact) mass is 568 g/mol. The lowest BCUT2D eigenvalue weighted by Gasteiger charge is -2.27. The molecule has 0 saturated heterocycles. The molecular weight excluding hydrogens is 540 g/mol. The zero-order valence-corrected chi connectivity index (χ0v) is 23.9. The first-order valence-corrected chi connectivity index (χ1v) is 14.7. The normalized spacial score (nSPS) is 11.5. The van der Waals surface area contributed by atoms with Crippen LogP contribution in [-0.4, -0.2) is 0 Å². The Bertz CT molecular complexity index is 1990. The van der Waals surface area contributed by atoms with Gasteiger partial charge in [0.15, 0.2) is 11.5 Å². The lowest BCUT2D eigenvalue weighted by atomic mass is 10.0. The number of nitrogens with zero attached hydrogens (tertiary/aromatic N) is 2. The van der Waals surface area contributed by atoms with E-state index in [1.54, 1.807) is 0 Å². The van der Waals surface area contributed by atoms with Crippen molar-refractivity contribution in [3.63, 3.8) is 0 Å². The van der Waals surface area contributed by atoms with E-state index in [1.165, 1.54) is 0 Å². The maximum atomic E-state index is 6.71. The molecule has 0 bridgehead atoms. The van der Waals surface area contributed by atoms with Gasteiger partial charge in [-0.2, -0.15) is 0 Å². The van der Waals surface area contributed by atoms with Crippen LogP contribution < -0.4 is 19.3 Å². The van der Waals surface area contributed by atoms with Gasteiger partial charge in [-0.25, -0.2) is 0 Å². The third-order valence-corrected chi connectivity index (χ3v) is 7.86. The summed E-state index contributed by atoms with van der Waals surface area (Å²) in [5.74, 6) is 2.84. The molecule has 0 fully saturated rings. The van der Waals surface area contributed by atoms with Crippen molar-refractivity contribution in [1.82, 2.24) is 0 Å². The highest BCUT2D eigenvalue weighted by Gasteiger charge is 2.24. The second-order valence-electron chi connectivity index (χ2n) is 10.6. The number of ether oxygens (including phenoxy) is 2. The molecule has 1 aliphatic rings. The van der Waals surface area contributed by atoms with Crippen molar-refractivity contribution >= 4 is 44.9 Å². The Morgan fingerprint density at radius 1 is 0.318 bits per heavy atom. The summed E-state index contributed by atoms with van der Waals surface area (Å²) in [5.41, 5.74) is 6.29. The Balaban J connectivity index is 1.26. The first-order chi connectivity index (χ1) is 21.8. The van der Waals surface area contributed by atoms with Crippen LogP contribution in [0.1, 0.15) is 0 Å². The van der Waals surface area contributed by atoms with E-state index in [0.717, 1.165) is 56.4 Å². The molecule has 0 aliphatic carbocycles. The van der Waals surface area contributed by atoms with Gasteiger partial charge in [0.25, 0.3) is 0 Å². The molecule has 0 atom stereocenters. The Labute approximate surface area is 256 Å². The van der Waals surface area contributed by atoms with Gasteiger partial charge in [0.05, 0.1) is 16.8 Å². The summed E-state index contributed by atoms with van der Waals surface area (Å²) in [6.45, 7) is 0. The standard InChI is InChI=1S/C40H28N2O2/c1-5-14-29(15-6-1)41(30-16-7-2-8-17-30)33-24-26-36-39(28-33)44-38-27-25-35(34-22-13-23-37(43-36)40(34)38)42(31-18-9-3-10-19-31)32-20-11-4-12-21-32/h1-28H. The molecule has 0 amide bonds. The summed E-state index contributed by atoms with van der Waals surface area (Å²) in [6, 6.07) is 58.1. The molecule has 1 heterocycles. The van der Waals surface area contributed by atoms with Crippen LogP contribution >= 0.6 is 0 Å². The maximum absolute atomic E-state index is 6.71. The molecule has 0 N–H and O–H groups in total. The van der Waals surface area contributed by atoms with Crippen LogP contribution in [0.5, 0.6) is 23.0 Å². The smallest absolute Gasteiger partial charge is 0.172 e. The molecule has 7 aromatic rings. The second kappa shape index (κ2) is 11.0. The number of fused-ring (bicyclic) bond motifs is 1. The molecule has 0 unspecified atom stereocenters. The maximum Gasteiger partial charge on any atom is 0.172 e. The van der Waals surface area contributed by atoms with Crippen LogP contribution in [-0.2, 0) is 0 Å². The van der Waals surface area contributed by atoms with E-state index in [2.05, 4.69) is 137 Å². The summed E-state index contributed by atoms with van der Waals surface area (Å²) in [7, 11) is 0. The molecule has 0 radical (unpaired) electrons. The summed E-state index contributed by atoms with van der Waals surface area (Å²) in [6.07, 6.45) is 0. The minimum atomic E-state index is 0.660. The predicted molar refractivity (Wildman–Crippen MR) is 180 cm³/mol. The van der Waals surface area contributed by atoms with E-state index < -0.39 is 0 Å². The van der Waals surface area contributed by atoms with E-state index in [0.29, 0.717) is 11.5 Å². The number of anilines is 6. The van der Waals surface area contributed by atoms with E-state index in [4.69, 9.17) is 9.47 Å². The van der Waals surface area contributed by atoms with E-state index >= 15 is 0 Å². The molecule has 0 spiro atoms. The first-order valence-electron chi connectivity index (χ1n) is 14.7. The van der Waals surface area contributed by atoms with Crippen molar-refractivity contribution < 1.29 is 9.47 Å². The number of para-hydroxylation sites is 4. The molecule has 44 heavy (non-hydrogen) atoms. The van der Waals surface area contributed by atoms with Crippen LogP contribution in [0.3, 0.4) is 0 Å². The highest BCUT2D eigenvalue weighted by molar-refractivity contribution is 6.05. The Morgan fingerprint density at radius 3 is 1.36 bits per heavy atom. The third kappa shape index (κ3) is 4.59. The van der Waals surface area contributed by atoms with Gasteiger partial charge in [-0.15, -0.1) is 0 Å². The zero-order valence-electron chi connectivity index (χ0n) is 23.9. The number of hydrogen-bond donors (Lipinski definition) is 0. The van der Waals surface area contributed by atoms with Crippen molar-refractivity contribution in [2.45, 2.75) is 0 Å². The van der Waals surface area contributed by atoms with Gasteiger partial charge < -0.3 is 19.3 Å². The first kappa shape index (κ1) is 25.7. The largest absolute Gasteiger partial charge is 0.453 e. The van der Waals surface area contributed by atoms with Gasteiger partial charge in [-0.1, -0.05) is 84.9 Å². The topological polar surface area (TPSA) is 24.9 Å². The van der Waals surface area contributed by atoms with Gasteiger partial charge in [-0.3, -0.25) is 0 Å². The van der Waals surface area contributed by atoms with Gasteiger partial charge in [0.2, 0.25) is 0 Å². The van der Waals surface area contributed by atoms with Crippen molar-refractivity contribution in [2.24, 2.45) is 0 Å². The summed E-state index contributed by atoms with van der Waals surface area (Å²) in [4.78, 5) is 4.49. The summed E-state index contributed by atoms with van der Waals surface area (Å²) < 4.78 is 13.3. The molecule has 8 rings (SSSR count). The Morgan fingerprint density at radius 2 is 0.795 bits per heavy atom. The SMILES string of the molecule is c1ccc(N(c2ccccc2)c2ccc3c(c2)Oc2ccc(N(c4ccccc4)c4ccccc4)c4cccc(c24)O3)cc1. The van der Waals surface area contributed by atoms with E-state index in [-0.39, 0.29) is 0 Å². The van der Waals surface area contributed by atoms with Crippen LogP contribution in [0.15, 0.2) is 170 Å². The fourth-order valence-electron chi connectivity index (χ4n) is 5.91. The highest BCUT2D eigenvalue weighted by Crippen LogP contribution is 2.51. The average molecular weight is 569 g/mol. The number of hydrogen-bond acceptors (Lipinski definition) is 4. The molecule has 0 aromatic heterocycles. The van der Waals surface area contributed by atoms with Crippen molar-refractivity contribution in [3.8, 4) is 23.0 Å². The molecule has 4 heteroatoms. The fraction of sp³-hybridized carbons (Fsp3) is 0. The second-order valence-corrected chi connectivity index (χ2v) is 10.6. The molecular formula is C40H28N2O2. The summed E-state index contributed by atoms with van der Waals surface area (Å²) >= 11 is 0.